The third kappa shape index (κ3) is 6.52. The molecule has 2 atom stereocenters. The minimum Gasteiger partial charge on any atom is -0.462 e. The van der Waals surface area contributed by atoms with Crippen molar-refractivity contribution in [1.29, 1.82) is 10.5 Å². The summed E-state index contributed by atoms with van der Waals surface area (Å²) < 4.78 is 16.2. The lowest BCUT2D eigenvalue weighted by Crippen LogP contribution is -2.40. The minimum absolute atomic E-state index is 0.0645. The predicted octanol–water partition coefficient (Wildman–Crippen LogP) is 4.36. The second-order valence-corrected chi connectivity index (χ2v) is 10.7. The van der Waals surface area contributed by atoms with E-state index in [1.807, 2.05) is 0 Å². The van der Waals surface area contributed by atoms with Gasteiger partial charge in [-0.05, 0) is 58.7 Å². The molecular formula is C22H26N2O4S2. The Morgan fingerprint density at radius 3 is 2.43 bits per heavy atom. The van der Waals surface area contributed by atoms with Crippen LogP contribution in [0.1, 0.15) is 52.2 Å². The molecule has 0 aliphatic carbocycles. The molecule has 160 valence electrons. The van der Waals surface area contributed by atoms with Crippen LogP contribution in [0.5, 0.6) is 0 Å². The van der Waals surface area contributed by atoms with Crippen molar-refractivity contribution in [3.8, 4) is 12.1 Å². The maximum Gasteiger partial charge on any atom is 0.322 e. The van der Waals surface area contributed by atoms with Crippen LogP contribution in [0, 0.1) is 28.1 Å². The fourth-order valence-electron chi connectivity index (χ4n) is 3.14. The molecule has 30 heavy (non-hydrogen) atoms. The number of nitriles is 2. The standard InChI is InChI=1S/C22H26N2O4S2/c1-20(2,14-24)13-22(5,19(25)26-11-17-12-27-21(3,4)28-17)30-18(29)16-8-6-15(10-23)7-9-16/h6-9,17H,11-13H2,1-5H3. The fourth-order valence-corrected chi connectivity index (χ4v) is 5.07. The maximum atomic E-state index is 13.1. The molecule has 1 aromatic carbocycles. The first kappa shape index (κ1) is 24.3. The van der Waals surface area contributed by atoms with E-state index in [9.17, 15) is 10.1 Å². The zero-order valence-electron chi connectivity index (χ0n) is 17.9. The van der Waals surface area contributed by atoms with Gasteiger partial charge in [-0.1, -0.05) is 36.1 Å². The van der Waals surface area contributed by atoms with E-state index in [4.69, 9.17) is 31.7 Å². The molecule has 0 radical (unpaired) electrons. The van der Waals surface area contributed by atoms with Crippen molar-refractivity contribution < 1.29 is 19.0 Å². The molecule has 1 aliphatic rings. The van der Waals surface area contributed by atoms with Gasteiger partial charge >= 0.3 is 5.97 Å². The number of thiocarbonyl (C=S) groups is 1. The lowest BCUT2D eigenvalue weighted by molar-refractivity contribution is -0.160. The van der Waals surface area contributed by atoms with Gasteiger partial charge in [0.15, 0.2) is 5.79 Å². The maximum absolute atomic E-state index is 13.1. The van der Waals surface area contributed by atoms with E-state index in [1.165, 1.54) is 11.8 Å². The number of carbonyl (C=O) groups is 1. The van der Waals surface area contributed by atoms with Gasteiger partial charge in [0, 0.05) is 0 Å². The molecule has 6 nitrogen and oxygen atoms in total. The van der Waals surface area contributed by atoms with Gasteiger partial charge < -0.3 is 14.2 Å². The van der Waals surface area contributed by atoms with Gasteiger partial charge in [0.05, 0.1) is 33.9 Å². The normalized spacial score (nSPS) is 19.9. The van der Waals surface area contributed by atoms with Crippen LogP contribution in [-0.2, 0) is 19.0 Å². The molecule has 0 bridgehead atoms. The number of hydrogen-bond donors (Lipinski definition) is 0. The van der Waals surface area contributed by atoms with E-state index in [-0.39, 0.29) is 19.1 Å². The quantitative estimate of drug-likeness (QED) is 0.451. The molecule has 1 fully saturated rings. The Balaban J connectivity index is 2.15. The van der Waals surface area contributed by atoms with E-state index < -0.39 is 21.9 Å². The Morgan fingerprint density at radius 1 is 1.30 bits per heavy atom. The highest BCUT2D eigenvalue weighted by molar-refractivity contribution is 8.25. The number of ether oxygens (including phenoxy) is 3. The third-order valence-corrected chi connectivity index (χ3v) is 6.22. The van der Waals surface area contributed by atoms with Gasteiger partial charge in [0.2, 0.25) is 0 Å². The molecule has 0 amide bonds. The number of esters is 1. The van der Waals surface area contributed by atoms with Crippen molar-refractivity contribution in [2.45, 2.75) is 57.7 Å². The van der Waals surface area contributed by atoms with E-state index in [2.05, 4.69) is 12.1 Å². The van der Waals surface area contributed by atoms with Crippen LogP contribution >= 0.6 is 24.0 Å². The van der Waals surface area contributed by atoms with Crippen molar-refractivity contribution in [3.63, 3.8) is 0 Å². The van der Waals surface area contributed by atoms with E-state index in [0.29, 0.717) is 16.4 Å². The summed E-state index contributed by atoms with van der Waals surface area (Å²) >= 11 is 6.76. The number of benzene rings is 1. The van der Waals surface area contributed by atoms with Gasteiger partial charge in [-0.2, -0.15) is 10.5 Å². The average molecular weight is 447 g/mol. The molecule has 0 saturated carbocycles. The molecule has 1 heterocycles. The number of thioether (sulfide) groups is 1. The third-order valence-electron chi connectivity index (χ3n) is 4.55. The first-order valence-corrected chi connectivity index (χ1v) is 10.8. The van der Waals surface area contributed by atoms with Gasteiger partial charge in [0.1, 0.15) is 17.5 Å². The monoisotopic (exact) mass is 446 g/mol. The van der Waals surface area contributed by atoms with Crippen molar-refractivity contribution in [2.75, 3.05) is 13.2 Å². The van der Waals surface area contributed by atoms with Crippen LogP contribution < -0.4 is 0 Å². The van der Waals surface area contributed by atoms with Crippen molar-refractivity contribution in [3.05, 3.63) is 35.4 Å². The van der Waals surface area contributed by atoms with Crippen LogP contribution in [0.2, 0.25) is 0 Å². The Labute approximate surface area is 187 Å². The summed E-state index contributed by atoms with van der Waals surface area (Å²) in [4.78, 5) is 13.1. The highest BCUT2D eigenvalue weighted by atomic mass is 32.2. The van der Waals surface area contributed by atoms with Gasteiger partial charge in [-0.15, -0.1) is 0 Å². The highest BCUT2D eigenvalue weighted by Crippen LogP contribution is 2.40. The first-order chi connectivity index (χ1) is 13.9. The van der Waals surface area contributed by atoms with Crippen LogP contribution in [0.15, 0.2) is 24.3 Å². The number of rotatable bonds is 7. The summed E-state index contributed by atoms with van der Waals surface area (Å²) in [6.45, 7) is 9.32. The topological polar surface area (TPSA) is 92.3 Å². The van der Waals surface area contributed by atoms with Crippen molar-refractivity contribution in [1.82, 2.24) is 0 Å². The van der Waals surface area contributed by atoms with E-state index >= 15 is 0 Å². The minimum atomic E-state index is -1.07. The summed E-state index contributed by atoms with van der Waals surface area (Å²) in [6.07, 6.45) is -0.0862. The number of carbonyl (C=O) groups excluding carboxylic acids is 1. The summed E-state index contributed by atoms with van der Waals surface area (Å²) in [5.74, 6) is -1.16. The Morgan fingerprint density at radius 2 is 1.93 bits per heavy atom. The fraction of sp³-hybridized carbons (Fsp3) is 0.545. The van der Waals surface area contributed by atoms with E-state index in [0.717, 1.165) is 5.56 Å². The highest BCUT2D eigenvalue weighted by Gasteiger charge is 2.43. The Bertz CT molecular complexity index is 884. The average Bonchev–Trinajstić information content (AvgIpc) is 3.04. The Kier molecular flexibility index (Phi) is 7.65. The largest absolute Gasteiger partial charge is 0.462 e. The molecule has 8 heteroatoms. The van der Waals surface area contributed by atoms with Gasteiger partial charge in [-0.3, -0.25) is 4.79 Å². The molecule has 0 spiro atoms. The summed E-state index contributed by atoms with van der Waals surface area (Å²) in [5.41, 5.74) is 0.508. The smallest absolute Gasteiger partial charge is 0.322 e. The second-order valence-electron chi connectivity index (χ2n) is 8.53. The van der Waals surface area contributed by atoms with Crippen LogP contribution in [0.3, 0.4) is 0 Å². The van der Waals surface area contributed by atoms with Crippen LogP contribution in [-0.4, -0.2) is 40.0 Å². The lowest BCUT2D eigenvalue weighted by Gasteiger charge is -2.32. The number of hydrogen-bond acceptors (Lipinski definition) is 8. The van der Waals surface area contributed by atoms with Crippen molar-refractivity contribution >= 4 is 34.1 Å². The molecule has 2 rings (SSSR count). The van der Waals surface area contributed by atoms with Crippen LogP contribution in [0.25, 0.3) is 0 Å². The predicted molar refractivity (Wildman–Crippen MR) is 119 cm³/mol. The molecule has 0 aromatic heterocycles. The summed E-state index contributed by atoms with van der Waals surface area (Å²) in [5, 5.41) is 18.5. The number of nitrogens with zero attached hydrogens (tertiary/aromatic N) is 2. The molecule has 2 unspecified atom stereocenters. The van der Waals surface area contributed by atoms with E-state index in [1.54, 1.807) is 58.9 Å². The summed E-state index contributed by atoms with van der Waals surface area (Å²) in [6, 6.07) is 11.2. The lowest BCUT2D eigenvalue weighted by atomic mass is 9.84. The zero-order chi connectivity index (χ0) is 22.6. The summed E-state index contributed by atoms with van der Waals surface area (Å²) in [7, 11) is 0. The van der Waals surface area contributed by atoms with Gasteiger partial charge in [0.25, 0.3) is 0 Å². The molecule has 1 aromatic rings. The van der Waals surface area contributed by atoms with Gasteiger partial charge in [-0.25, -0.2) is 0 Å². The Hall–Kier alpha value is -1.97. The second kappa shape index (κ2) is 9.45. The molecule has 1 aliphatic heterocycles. The van der Waals surface area contributed by atoms with Crippen molar-refractivity contribution in [2.24, 2.45) is 5.41 Å². The molecular weight excluding hydrogens is 420 g/mol. The van der Waals surface area contributed by atoms with Crippen LogP contribution in [0.4, 0.5) is 0 Å². The SMILES string of the molecule is CC(C)(C#N)CC(C)(SC(=S)c1ccc(C#N)cc1)C(=O)OCC1COC(C)(C)O1. The molecule has 0 N–H and O–H groups in total. The zero-order valence-corrected chi connectivity index (χ0v) is 19.5. The first-order valence-electron chi connectivity index (χ1n) is 9.53. The molecule has 1 saturated heterocycles.